The first-order chi connectivity index (χ1) is 7.16. The fourth-order valence-electron chi connectivity index (χ4n) is 1.42. The second-order valence-corrected chi connectivity index (χ2v) is 3.22. The van der Waals surface area contributed by atoms with Gasteiger partial charge in [-0.15, -0.1) is 0 Å². The Labute approximate surface area is 85.7 Å². The normalized spacial score (nSPS) is 19.5. The Kier molecular flexibility index (Phi) is 2.29. The van der Waals surface area contributed by atoms with Crippen LogP contribution in [-0.2, 0) is 4.74 Å². The van der Waals surface area contributed by atoms with E-state index in [0.29, 0.717) is 0 Å². The quantitative estimate of drug-likeness (QED) is 0.763. The van der Waals surface area contributed by atoms with Crippen molar-refractivity contribution < 1.29 is 19.4 Å². The van der Waals surface area contributed by atoms with Gasteiger partial charge < -0.3 is 15.2 Å². The highest BCUT2D eigenvalue weighted by Gasteiger charge is 2.23. The SMILES string of the molecule is O=C1N[C@H](c2ccc(C(=O)O)cc2)CO1. The number of carbonyl (C=O) groups excluding carboxylic acids is 1. The van der Waals surface area contributed by atoms with E-state index in [2.05, 4.69) is 5.32 Å². The van der Waals surface area contributed by atoms with Crippen LogP contribution in [0.3, 0.4) is 0 Å². The number of carboxylic acid groups (broad SMARTS) is 1. The molecule has 1 aliphatic heterocycles. The van der Waals surface area contributed by atoms with Gasteiger partial charge in [0, 0.05) is 0 Å². The molecule has 1 aliphatic rings. The second kappa shape index (κ2) is 3.61. The molecule has 0 unspecified atom stereocenters. The molecule has 0 saturated carbocycles. The Hall–Kier alpha value is -2.04. The van der Waals surface area contributed by atoms with Crippen molar-refractivity contribution in [2.24, 2.45) is 0 Å². The molecule has 2 rings (SSSR count). The first kappa shape index (κ1) is 9.51. The van der Waals surface area contributed by atoms with Gasteiger partial charge in [0.25, 0.3) is 0 Å². The van der Waals surface area contributed by atoms with E-state index in [4.69, 9.17) is 9.84 Å². The minimum absolute atomic E-state index is 0.180. The van der Waals surface area contributed by atoms with Crippen LogP contribution in [0, 0.1) is 0 Å². The number of carbonyl (C=O) groups is 2. The molecule has 5 nitrogen and oxygen atoms in total. The highest BCUT2D eigenvalue weighted by molar-refractivity contribution is 5.87. The van der Waals surface area contributed by atoms with Gasteiger partial charge >= 0.3 is 12.1 Å². The van der Waals surface area contributed by atoms with E-state index < -0.39 is 12.1 Å². The molecule has 1 aromatic rings. The maximum Gasteiger partial charge on any atom is 0.407 e. The van der Waals surface area contributed by atoms with E-state index in [9.17, 15) is 9.59 Å². The van der Waals surface area contributed by atoms with E-state index in [1.807, 2.05) is 0 Å². The van der Waals surface area contributed by atoms with Gasteiger partial charge in [-0.3, -0.25) is 0 Å². The fourth-order valence-corrected chi connectivity index (χ4v) is 1.42. The number of aromatic carboxylic acids is 1. The van der Waals surface area contributed by atoms with Crippen LogP contribution in [0.15, 0.2) is 24.3 Å². The van der Waals surface area contributed by atoms with Crippen molar-refractivity contribution in [3.8, 4) is 0 Å². The zero-order chi connectivity index (χ0) is 10.8. The predicted molar refractivity (Wildman–Crippen MR) is 50.6 cm³/mol. The lowest BCUT2D eigenvalue weighted by atomic mass is 10.1. The number of nitrogens with one attached hydrogen (secondary N) is 1. The molecule has 1 fully saturated rings. The molecule has 1 heterocycles. The molecule has 1 saturated heterocycles. The fraction of sp³-hybridized carbons (Fsp3) is 0.200. The summed E-state index contributed by atoms with van der Waals surface area (Å²) in [5.41, 5.74) is 1.06. The zero-order valence-electron chi connectivity index (χ0n) is 7.77. The maximum atomic E-state index is 10.8. The molecule has 0 radical (unpaired) electrons. The van der Waals surface area contributed by atoms with Crippen LogP contribution in [0.5, 0.6) is 0 Å². The third-order valence-corrected chi connectivity index (χ3v) is 2.23. The van der Waals surface area contributed by atoms with Gasteiger partial charge in [0.2, 0.25) is 0 Å². The van der Waals surface area contributed by atoms with E-state index in [1.54, 1.807) is 12.1 Å². The third-order valence-electron chi connectivity index (χ3n) is 2.23. The highest BCUT2D eigenvalue weighted by Crippen LogP contribution is 2.18. The molecule has 78 valence electrons. The zero-order valence-corrected chi connectivity index (χ0v) is 7.77. The van der Waals surface area contributed by atoms with Crippen LogP contribution in [0.4, 0.5) is 4.79 Å². The van der Waals surface area contributed by atoms with E-state index in [0.717, 1.165) is 5.56 Å². The predicted octanol–water partition coefficient (Wildman–Crippen LogP) is 1.17. The minimum atomic E-state index is -0.965. The summed E-state index contributed by atoms with van der Waals surface area (Å²) < 4.78 is 4.73. The number of ether oxygens (including phenoxy) is 1. The summed E-state index contributed by atoms with van der Waals surface area (Å²) >= 11 is 0. The molecular formula is C10H9NO4. The number of cyclic esters (lactones) is 1. The summed E-state index contributed by atoms with van der Waals surface area (Å²) in [6, 6.07) is 6.16. The highest BCUT2D eigenvalue weighted by atomic mass is 16.6. The monoisotopic (exact) mass is 207 g/mol. The Bertz CT molecular complexity index is 398. The van der Waals surface area contributed by atoms with E-state index in [1.165, 1.54) is 12.1 Å². The molecule has 1 atom stereocenters. The van der Waals surface area contributed by atoms with Gasteiger partial charge in [-0.1, -0.05) is 12.1 Å². The lowest BCUT2D eigenvalue weighted by molar-refractivity contribution is 0.0697. The average molecular weight is 207 g/mol. The number of hydrogen-bond acceptors (Lipinski definition) is 3. The molecule has 1 aromatic carbocycles. The van der Waals surface area contributed by atoms with Gasteiger partial charge in [-0.05, 0) is 17.7 Å². The first-order valence-corrected chi connectivity index (χ1v) is 4.43. The topological polar surface area (TPSA) is 75.6 Å². The molecule has 0 aliphatic carbocycles. The van der Waals surface area contributed by atoms with Gasteiger partial charge in [-0.2, -0.15) is 0 Å². The number of benzene rings is 1. The molecule has 15 heavy (non-hydrogen) atoms. The Balaban J connectivity index is 2.17. The van der Waals surface area contributed by atoms with Gasteiger partial charge in [0.1, 0.15) is 6.61 Å². The van der Waals surface area contributed by atoms with Crippen molar-refractivity contribution in [1.29, 1.82) is 0 Å². The second-order valence-electron chi connectivity index (χ2n) is 3.22. The minimum Gasteiger partial charge on any atom is -0.478 e. The first-order valence-electron chi connectivity index (χ1n) is 4.43. The molecule has 1 amide bonds. The smallest absolute Gasteiger partial charge is 0.407 e. The molecular weight excluding hydrogens is 198 g/mol. The lowest BCUT2D eigenvalue weighted by Crippen LogP contribution is -2.18. The van der Waals surface area contributed by atoms with Crippen molar-refractivity contribution in [3.63, 3.8) is 0 Å². The lowest BCUT2D eigenvalue weighted by Gasteiger charge is -2.07. The Morgan fingerprint density at radius 2 is 2.07 bits per heavy atom. The van der Waals surface area contributed by atoms with E-state index in [-0.39, 0.29) is 18.2 Å². The summed E-state index contributed by atoms with van der Waals surface area (Å²) in [5.74, 6) is -0.965. The third kappa shape index (κ3) is 1.90. The molecule has 5 heteroatoms. The van der Waals surface area contributed by atoms with E-state index >= 15 is 0 Å². The summed E-state index contributed by atoms with van der Waals surface area (Å²) in [5, 5.41) is 11.3. The van der Waals surface area contributed by atoms with Crippen LogP contribution >= 0.6 is 0 Å². The number of alkyl carbamates (subject to hydrolysis) is 1. The molecule has 2 N–H and O–H groups in total. The summed E-state index contributed by atoms with van der Waals surface area (Å²) in [7, 11) is 0. The van der Waals surface area contributed by atoms with Crippen molar-refractivity contribution in [1.82, 2.24) is 5.32 Å². The average Bonchev–Trinajstić information content (AvgIpc) is 2.65. The Morgan fingerprint density at radius 1 is 1.40 bits per heavy atom. The van der Waals surface area contributed by atoms with Crippen molar-refractivity contribution >= 4 is 12.1 Å². The van der Waals surface area contributed by atoms with Crippen LogP contribution in [0.2, 0.25) is 0 Å². The van der Waals surface area contributed by atoms with Gasteiger partial charge in [0.15, 0.2) is 0 Å². The number of rotatable bonds is 2. The van der Waals surface area contributed by atoms with Crippen molar-refractivity contribution in [2.75, 3.05) is 6.61 Å². The van der Waals surface area contributed by atoms with Crippen LogP contribution in [0.1, 0.15) is 22.0 Å². The van der Waals surface area contributed by atoms with Crippen molar-refractivity contribution in [3.05, 3.63) is 35.4 Å². The summed E-state index contributed by atoms with van der Waals surface area (Å²) in [4.78, 5) is 21.4. The summed E-state index contributed by atoms with van der Waals surface area (Å²) in [6.45, 7) is 0.283. The van der Waals surface area contributed by atoms with Gasteiger partial charge in [-0.25, -0.2) is 9.59 Å². The summed E-state index contributed by atoms with van der Waals surface area (Å²) in [6.07, 6.45) is -0.442. The number of amides is 1. The van der Waals surface area contributed by atoms with Crippen LogP contribution in [0.25, 0.3) is 0 Å². The van der Waals surface area contributed by atoms with Gasteiger partial charge in [0.05, 0.1) is 11.6 Å². The standard InChI is InChI=1S/C10H9NO4/c12-9(13)7-3-1-6(2-4-7)8-5-15-10(14)11-8/h1-4,8H,5H2,(H,11,14)(H,12,13)/t8-/m0/s1. The number of hydrogen-bond donors (Lipinski definition) is 2. The Morgan fingerprint density at radius 3 is 2.53 bits per heavy atom. The van der Waals surface area contributed by atoms with Crippen molar-refractivity contribution in [2.45, 2.75) is 6.04 Å². The number of carboxylic acids is 1. The molecule has 0 spiro atoms. The van der Waals surface area contributed by atoms with Crippen LogP contribution < -0.4 is 5.32 Å². The molecule has 0 aromatic heterocycles. The molecule has 0 bridgehead atoms. The maximum absolute atomic E-state index is 10.8. The largest absolute Gasteiger partial charge is 0.478 e. The van der Waals surface area contributed by atoms with Crippen LogP contribution in [-0.4, -0.2) is 23.8 Å².